The van der Waals surface area contributed by atoms with E-state index in [9.17, 15) is 44.3 Å². The predicted molar refractivity (Wildman–Crippen MR) is 74.3 cm³/mol. The quantitative estimate of drug-likeness (QED) is 0.293. The lowest BCUT2D eigenvalue weighted by atomic mass is 9.85. The maximum atomic E-state index is 13.9. The summed E-state index contributed by atoms with van der Waals surface area (Å²) in [5.41, 5.74) is -2.73. The van der Waals surface area contributed by atoms with E-state index in [1.807, 2.05) is 0 Å². The van der Waals surface area contributed by atoms with E-state index in [0.717, 1.165) is 13.8 Å². The highest BCUT2D eigenvalue weighted by atomic mass is 19.4. The molecule has 0 radical (unpaired) electrons. The van der Waals surface area contributed by atoms with Gasteiger partial charge in [-0.2, -0.15) is 39.5 Å². The summed E-state index contributed by atoms with van der Waals surface area (Å²) < 4.78 is 122. The highest BCUT2D eigenvalue weighted by Gasteiger charge is 2.82. The zero-order valence-corrected chi connectivity index (χ0v) is 14.4. The molecule has 0 rings (SSSR count). The number of halogens is 9. The van der Waals surface area contributed by atoms with Crippen molar-refractivity contribution in [2.24, 2.45) is 5.92 Å². The van der Waals surface area contributed by atoms with E-state index < -0.39 is 54.3 Å². The van der Waals surface area contributed by atoms with Crippen molar-refractivity contribution in [1.82, 2.24) is 0 Å². The lowest BCUT2D eigenvalue weighted by molar-refractivity contribution is -0.399. The summed E-state index contributed by atoms with van der Waals surface area (Å²) in [7, 11) is 0. The molecule has 2 nitrogen and oxygen atoms in total. The Hall–Kier alpha value is -1.42. The van der Waals surface area contributed by atoms with Crippen LogP contribution < -0.4 is 0 Å². The van der Waals surface area contributed by atoms with Crippen molar-refractivity contribution in [3.8, 4) is 0 Å². The maximum Gasteiger partial charge on any atom is 0.460 e. The molecule has 11 heteroatoms. The maximum absolute atomic E-state index is 13.9. The number of esters is 1. The molecule has 0 fully saturated rings. The van der Waals surface area contributed by atoms with Gasteiger partial charge in [0, 0.05) is 5.57 Å². The smallest absolute Gasteiger partial charge is 0.456 e. The Morgan fingerprint density at radius 3 is 1.69 bits per heavy atom. The van der Waals surface area contributed by atoms with Crippen LogP contribution in [0.3, 0.4) is 0 Å². The van der Waals surface area contributed by atoms with E-state index in [1.165, 1.54) is 13.8 Å². The lowest BCUT2D eigenvalue weighted by Gasteiger charge is -2.39. The Labute approximate surface area is 144 Å². The molecule has 0 aromatic rings. The van der Waals surface area contributed by atoms with Gasteiger partial charge in [-0.3, -0.25) is 0 Å². The predicted octanol–water partition coefficient (Wildman–Crippen LogP) is 5.77. The number of carbonyl (C=O) groups is 1. The summed E-state index contributed by atoms with van der Waals surface area (Å²) in [6.07, 6.45) is -9.63. The zero-order valence-electron chi connectivity index (χ0n) is 14.4. The van der Waals surface area contributed by atoms with Crippen molar-refractivity contribution >= 4 is 5.97 Å². The van der Waals surface area contributed by atoms with E-state index in [1.54, 1.807) is 0 Å². The third kappa shape index (κ3) is 5.06. The molecule has 0 saturated heterocycles. The largest absolute Gasteiger partial charge is 0.460 e. The third-order valence-electron chi connectivity index (χ3n) is 3.33. The Morgan fingerprint density at radius 1 is 0.962 bits per heavy atom. The van der Waals surface area contributed by atoms with Gasteiger partial charge in [-0.05, 0) is 26.2 Å². The van der Waals surface area contributed by atoms with Crippen LogP contribution in [0.1, 0.15) is 40.5 Å². The van der Waals surface area contributed by atoms with Crippen molar-refractivity contribution in [2.75, 3.05) is 0 Å². The van der Waals surface area contributed by atoms with Crippen LogP contribution in [0.2, 0.25) is 0 Å². The van der Waals surface area contributed by atoms with Crippen molar-refractivity contribution in [3.63, 3.8) is 0 Å². The van der Waals surface area contributed by atoms with E-state index in [-0.39, 0.29) is 5.57 Å². The summed E-state index contributed by atoms with van der Waals surface area (Å²) in [6.45, 7) is 7.87. The minimum Gasteiger partial charge on any atom is -0.456 e. The van der Waals surface area contributed by atoms with Crippen molar-refractivity contribution < 1.29 is 49.0 Å². The molecule has 0 bridgehead atoms. The molecule has 154 valence electrons. The van der Waals surface area contributed by atoms with Gasteiger partial charge in [-0.15, -0.1) is 0 Å². The molecule has 0 amide bonds. The molecule has 0 aromatic heterocycles. The fourth-order valence-corrected chi connectivity index (χ4v) is 2.31. The highest BCUT2D eigenvalue weighted by Crippen LogP contribution is 2.55. The number of hydrogen-bond acceptors (Lipinski definition) is 2. The molecular formula is C15H19F9O2. The average Bonchev–Trinajstić information content (AvgIpc) is 2.33. The average molecular weight is 402 g/mol. The van der Waals surface area contributed by atoms with Crippen LogP contribution >= 0.6 is 0 Å². The molecule has 0 aromatic carbocycles. The Morgan fingerprint density at radius 2 is 1.38 bits per heavy atom. The zero-order chi connectivity index (χ0) is 21.4. The summed E-state index contributed by atoms with van der Waals surface area (Å²) in [6, 6.07) is 0. The summed E-state index contributed by atoms with van der Waals surface area (Å²) in [4.78, 5) is 11.5. The van der Waals surface area contributed by atoms with Gasteiger partial charge in [0.25, 0.3) is 0 Å². The summed E-state index contributed by atoms with van der Waals surface area (Å²) >= 11 is 0. The lowest BCUT2D eigenvalue weighted by Crippen LogP contribution is -2.62. The molecule has 0 spiro atoms. The van der Waals surface area contributed by atoms with Gasteiger partial charge in [0.2, 0.25) is 0 Å². The number of rotatable bonds is 8. The van der Waals surface area contributed by atoms with Gasteiger partial charge < -0.3 is 4.74 Å². The second-order valence-corrected chi connectivity index (χ2v) is 6.75. The first-order valence-electron chi connectivity index (χ1n) is 7.29. The first-order chi connectivity index (χ1) is 11.2. The normalized spacial score (nSPS) is 16.4. The third-order valence-corrected chi connectivity index (χ3v) is 3.33. The van der Waals surface area contributed by atoms with Gasteiger partial charge in [0.05, 0.1) is 6.42 Å². The van der Waals surface area contributed by atoms with E-state index >= 15 is 0 Å². The van der Waals surface area contributed by atoms with Crippen LogP contribution in [0, 0.1) is 5.92 Å². The highest BCUT2D eigenvalue weighted by molar-refractivity contribution is 5.87. The van der Waals surface area contributed by atoms with Crippen LogP contribution in [0.5, 0.6) is 0 Å². The van der Waals surface area contributed by atoms with E-state index in [2.05, 4.69) is 11.3 Å². The molecule has 26 heavy (non-hydrogen) atoms. The Kier molecular flexibility index (Phi) is 6.90. The molecule has 0 heterocycles. The molecule has 0 aliphatic rings. The number of carbonyl (C=O) groups excluding carboxylic acids is 1. The van der Waals surface area contributed by atoms with Crippen LogP contribution in [0.25, 0.3) is 0 Å². The van der Waals surface area contributed by atoms with Gasteiger partial charge >= 0.3 is 29.9 Å². The van der Waals surface area contributed by atoms with Crippen molar-refractivity contribution in [3.05, 3.63) is 12.2 Å². The standard InChI is InChI=1S/C15H19F9O2/c1-8(2)6-11(5,26-10(25)9(3)4)7-12(16,17)13(18,19)14(20,21)15(22,23)24/h8H,3,6-7H2,1-2,4-5H3. The van der Waals surface area contributed by atoms with E-state index in [0.29, 0.717) is 0 Å². The summed E-state index contributed by atoms with van der Waals surface area (Å²) in [5.74, 6) is -21.4. The molecular weight excluding hydrogens is 383 g/mol. The Balaban J connectivity index is 5.93. The summed E-state index contributed by atoms with van der Waals surface area (Å²) in [5, 5.41) is 0. The minimum absolute atomic E-state index is 0.296. The second kappa shape index (κ2) is 7.30. The molecule has 0 saturated carbocycles. The van der Waals surface area contributed by atoms with Gasteiger partial charge in [-0.25, -0.2) is 4.79 Å². The van der Waals surface area contributed by atoms with E-state index in [4.69, 9.17) is 0 Å². The monoisotopic (exact) mass is 402 g/mol. The molecule has 0 aliphatic carbocycles. The minimum atomic E-state index is -6.99. The molecule has 0 aliphatic heterocycles. The fourth-order valence-electron chi connectivity index (χ4n) is 2.31. The van der Waals surface area contributed by atoms with Crippen LogP contribution in [-0.2, 0) is 9.53 Å². The molecule has 1 atom stereocenters. The van der Waals surface area contributed by atoms with Gasteiger partial charge in [0.1, 0.15) is 5.60 Å². The second-order valence-electron chi connectivity index (χ2n) is 6.75. The van der Waals surface area contributed by atoms with Crippen LogP contribution in [0.15, 0.2) is 12.2 Å². The van der Waals surface area contributed by atoms with Crippen LogP contribution in [-0.4, -0.2) is 35.5 Å². The Bertz CT molecular complexity index is 538. The first-order valence-corrected chi connectivity index (χ1v) is 7.29. The number of ether oxygens (including phenoxy) is 1. The number of hydrogen-bond donors (Lipinski definition) is 0. The molecule has 0 N–H and O–H groups in total. The first kappa shape index (κ1) is 24.6. The van der Waals surface area contributed by atoms with Gasteiger partial charge in [-0.1, -0.05) is 20.4 Å². The topological polar surface area (TPSA) is 26.3 Å². The fraction of sp³-hybridized carbons (Fsp3) is 0.800. The van der Waals surface area contributed by atoms with Gasteiger partial charge in [0.15, 0.2) is 0 Å². The molecule has 1 unspecified atom stereocenters. The number of alkyl halides is 9. The van der Waals surface area contributed by atoms with Crippen LogP contribution in [0.4, 0.5) is 39.5 Å². The van der Waals surface area contributed by atoms with Crippen molar-refractivity contribution in [2.45, 2.75) is 70.1 Å². The van der Waals surface area contributed by atoms with Crippen molar-refractivity contribution in [1.29, 1.82) is 0 Å². The SMILES string of the molecule is C=C(C)C(=O)OC(C)(CC(C)C)CC(F)(F)C(F)(F)C(F)(F)C(F)(F)F.